The van der Waals surface area contributed by atoms with Gasteiger partial charge in [0.25, 0.3) is 0 Å². The average molecular weight is 472 g/mol. The van der Waals surface area contributed by atoms with Crippen LogP contribution in [0, 0.1) is 12.7 Å². The van der Waals surface area contributed by atoms with Crippen LogP contribution in [0.2, 0.25) is 5.02 Å². The lowest BCUT2D eigenvalue weighted by Gasteiger charge is -2.19. The Morgan fingerprint density at radius 2 is 2.06 bits per heavy atom. The molecule has 0 unspecified atom stereocenters. The van der Waals surface area contributed by atoms with Gasteiger partial charge >= 0.3 is 0 Å². The summed E-state index contributed by atoms with van der Waals surface area (Å²) in [4.78, 5) is 19.7. The lowest BCUT2D eigenvalue weighted by atomic mass is 10.2. The summed E-state index contributed by atoms with van der Waals surface area (Å²) in [5.41, 5.74) is 14.7. The fourth-order valence-electron chi connectivity index (χ4n) is 4.23. The van der Waals surface area contributed by atoms with Gasteiger partial charge in [-0.1, -0.05) is 30.3 Å². The zero-order valence-electron chi connectivity index (χ0n) is 17.7. The highest BCUT2D eigenvalue weighted by atomic mass is 35.5. The zero-order chi connectivity index (χ0) is 22.6. The Morgan fingerprint density at radius 1 is 1.25 bits per heavy atom. The highest BCUT2D eigenvalue weighted by Crippen LogP contribution is 2.41. The molecule has 1 saturated heterocycles. The first-order valence-corrected chi connectivity index (χ1v) is 11.7. The predicted molar refractivity (Wildman–Crippen MR) is 128 cm³/mol. The van der Waals surface area contributed by atoms with Crippen molar-refractivity contribution in [2.24, 2.45) is 5.73 Å². The average Bonchev–Trinajstić information content (AvgIpc) is 3.29. The number of nitrogens with two attached hydrogens (primary N) is 2. The molecule has 1 atom stereocenters. The molecule has 0 radical (unpaired) electrons. The molecule has 1 fully saturated rings. The number of aromatic amines is 1. The van der Waals surface area contributed by atoms with Gasteiger partial charge in [0.15, 0.2) is 0 Å². The van der Waals surface area contributed by atoms with E-state index in [1.165, 1.54) is 23.9 Å². The number of halogens is 2. The number of nitrogen functional groups attached to an aromatic ring is 1. The molecule has 0 saturated carbocycles. The van der Waals surface area contributed by atoms with Crippen LogP contribution in [-0.2, 0) is 6.42 Å². The predicted octanol–water partition coefficient (Wildman–Crippen LogP) is 4.44. The van der Waals surface area contributed by atoms with Crippen LogP contribution in [0.4, 0.5) is 16.0 Å². The normalized spacial score (nSPS) is 16.5. The molecule has 166 valence electrons. The standard InChI is InChI=1S/C22H23ClFN7S/c1-3-13-20(23)19-15(29-13)8-17(30-22(19)31-5-4-12(25)9-31)32-16-7-11(24)6-14-18(16)21(26)28-10(2)27-14/h6-8,12,29H,3-5,9,25H2,1-2H3,(H2,26,27,28)/t12-/m1/s1. The Hall–Kier alpha value is -2.62. The maximum Gasteiger partial charge on any atom is 0.140 e. The summed E-state index contributed by atoms with van der Waals surface area (Å²) in [6, 6.07) is 4.85. The molecule has 5 N–H and O–H groups in total. The van der Waals surface area contributed by atoms with Crippen molar-refractivity contribution in [3.63, 3.8) is 0 Å². The van der Waals surface area contributed by atoms with Crippen LogP contribution in [-0.4, -0.2) is 39.1 Å². The van der Waals surface area contributed by atoms with E-state index >= 15 is 0 Å². The molecule has 10 heteroatoms. The van der Waals surface area contributed by atoms with Gasteiger partial charge in [-0.25, -0.2) is 19.3 Å². The van der Waals surface area contributed by atoms with Crippen LogP contribution in [0.3, 0.4) is 0 Å². The Morgan fingerprint density at radius 3 is 2.78 bits per heavy atom. The summed E-state index contributed by atoms with van der Waals surface area (Å²) in [6.45, 7) is 5.30. The maximum atomic E-state index is 14.4. The fourth-order valence-corrected chi connectivity index (χ4v) is 5.62. The van der Waals surface area contributed by atoms with Crippen LogP contribution in [0.15, 0.2) is 28.1 Å². The van der Waals surface area contributed by atoms with E-state index in [0.717, 1.165) is 41.8 Å². The zero-order valence-corrected chi connectivity index (χ0v) is 19.3. The Bertz CT molecular complexity index is 1350. The van der Waals surface area contributed by atoms with Crippen LogP contribution < -0.4 is 16.4 Å². The number of benzene rings is 1. The summed E-state index contributed by atoms with van der Waals surface area (Å²) in [6.07, 6.45) is 1.67. The number of pyridine rings is 1. The highest BCUT2D eigenvalue weighted by Gasteiger charge is 2.26. The minimum absolute atomic E-state index is 0.0962. The van der Waals surface area contributed by atoms with Crippen molar-refractivity contribution < 1.29 is 4.39 Å². The van der Waals surface area contributed by atoms with Gasteiger partial charge in [-0.2, -0.15) is 0 Å². The molecule has 1 aliphatic heterocycles. The summed E-state index contributed by atoms with van der Waals surface area (Å²) in [5, 5.41) is 2.89. The minimum Gasteiger partial charge on any atom is -0.383 e. The van der Waals surface area contributed by atoms with Gasteiger partial charge < -0.3 is 21.4 Å². The third-order valence-corrected chi connectivity index (χ3v) is 7.08. The third kappa shape index (κ3) is 3.64. The van der Waals surface area contributed by atoms with Crippen molar-refractivity contribution in [3.8, 4) is 0 Å². The molecular weight excluding hydrogens is 449 g/mol. The van der Waals surface area contributed by atoms with Crippen molar-refractivity contribution in [1.29, 1.82) is 0 Å². The molecule has 32 heavy (non-hydrogen) atoms. The van der Waals surface area contributed by atoms with Crippen molar-refractivity contribution in [3.05, 3.63) is 40.6 Å². The van der Waals surface area contributed by atoms with Crippen molar-refractivity contribution >= 4 is 56.8 Å². The molecule has 4 heterocycles. The topological polar surface area (TPSA) is 110 Å². The van der Waals surface area contributed by atoms with E-state index in [2.05, 4.69) is 26.8 Å². The summed E-state index contributed by atoms with van der Waals surface area (Å²) < 4.78 is 14.4. The van der Waals surface area contributed by atoms with Crippen LogP contribution in [0.25, 0.3) is 21.8 Å². The molecule has 0 spiro atoms. The molecule has 5 rings (SSSR count). The number of nitrogens with one attached hydrogen (secondary N) is 1. The number of rotatable bonds is 4. The van der Waals surface area contributed by atoms with Gasteiger partial charge in [0, 0.05) is 35.8 Å². The lowest BCUT2D eigenvalue weighted by Crippen LogP contribution is -2.27. The molecule has 0 bridgehead atoms. The highest BCUT2D eigenvalue weighted by molar-refractivity contribution is 7.99. The fraction of sp³-hybridized carbons (Fsp3) is 0.318. The summed E-state index contributed by atoms with van der Waals surface area (Å²) in [7, 11) is 0. The van der Waals surface area contributed by atoms with Gasteiger partial charge in [0.1, 0.15) is 28.3 Å². The second-order valence-electron chi connectivity index (χ2n) is 8.03. The van der Waals surface area contributed by atoms with Gasteiger partial charge in [0.2, 0.25) is 0 Å². The maximum absolute atomic E-state index is 14.4. The summed E-state index contributed by atoms with van der Waals surface area (Å²) in [5.74, 6) is 1.22. The monoisotopic (exact) mass is 471 g/mol. The van der Waals surface area contributed by atoms with Gasteiger partial charge in [-0.05, 0) is 31.9 Å². The number of fused-ring (bicyclic) bond motifs is 2. The Balaban J connectivity index is 1.67. The van der Waals surface area contributed by atoms with Crippen LogP contribution >= 0.6 is 23.4 Å². The number of aryl methyl sites for hydroxylation is 2. The number of aromatic nitrogens is 4. The molecule has 7 nitrogen and oxygen atoms in total. The summed E-state index contributed by atoms with van der Waals surface area (Å²) >= 11 is 8.04. The smallest absolute Gasteiger partial charge is 0.140 e. The van der Waals surface area contributed by atoms with E-state index in [-0.39, 0.29) is 11.9 Å². The van der Waals surface area contributed by atoms with Crippen LogP contribution in [0.5, 0.6) is 0 Å². The van der Waals surface area contributed by atoms with Crippen molar-refractivity contribution in [2.45, 2.75) is 42.7 Å². The molecule has 3 aromatic heterocycles. The number of H-pyrrole nitrogens is 1. The molecule has 1 aromatic carbocycles. The van der Waals surface area contributed by atoms with Crippen LogP contribution in [0.1, 0.15) is 24.9 Å². The van der Waals surface area contributed by atoms with E-state index in [1.807, 2.05) is 6.07 Å². The second-order valence-corrected chi connectivity index (χ2v) is 9.47. The molecule has 1 aliphatic rings. The lowest BCUT2D eigenvalue weighted by molar-refractivity contribution is 0.626. The quantitative estimate of drug-likeness (QED) is 0.403. The Labute approximate surface area is 193 Å². The molecule has 0 aliphatic carbocycles. The minimum atomic E-state index is -0.388. The number of hydrogen-bond acceptors (Lipinski definition) is 7. The van der Waals surface area contributed by atoms with E-state index in [1.54, 1.807) is 6.92 Å². The van der Waals surface area contributed by atoms with E-state index in [4.69, 9.17) is 28.1 Å². The van der Waals surface area contributed by atoms with Gasteiger partial charge in [0.05, 0.1) is 26.8 Å². The number of nitrogens with zero attached hydrogens (tertiary/aromatic N) is 4. The second kappa shape index (κ2) is 8.06. The first kappa shape index (κ1) is 21.2. The first-order chi connectivity index (χ1) is 15.3. The SMILES string of the molecule is CCc1[nH]c2cc(Sc3cc(F)cc4nc(C)nc(N)c34)nc(N3CC[C@@H](N)C3)c2c1Cl. The van der Waals surface area contributed by atoms with E-state index in [9.17, 15) is 4.39 Å². The number of anilines is 2. The van der Waals surface area contributed by atoms with Gasteiger partial charge in [-0.15, -0.1) is 0 Å². The van der Waals surface area contributed by atoms with E-state index < -0.39 is 0 Å². The first-order valence-electron chi connectivity index (χ1n) is 10.5. The Kier molecular flexibility index (Phi) is 5.35. The molecular formula is C22H23ClFN7S. The molecule has 4 aromatic rings. The largest absolute Gasteiger partial charge is 0.383 e. The number of hydrogen-bond donors (Lipinski definition) is 3. The van der Waals surface area contributed by atoms with E-state index in [0.29, 0.717) is 44.0 Å². The molecule has 0 amide bonds. The van der Waals surface area contributed by atoms with Crippen molar-refractivity contribution in [2.75, 3.05) is 23.7 Å². The third-order valence-electron chi connectivity index (χ3n) is 5.71. The van der Waals surface area contributed by atoms with Gasteiger partial charge in [-0.3, -0.25) is 0 Å². The van der Waals surface area contributed by atoms with Crippen molar-refractivity contribution in [1.82, 2.24) is 19.9 Å².